The number of rotatable bonds is 6. The van der Waals surface area contributed by atoms with Crippen molar-refractivity contribution in [2.75, 3.05) is 11.1 Å². The Morgan fingerprint density at radius 3 is 2.27 bits per heavy atom. The fourth-order valence-electron chi connectivity index (χ4n) is 3.26. The van der Waals surface area contributed by atoms with Crippen LogP contribution in [-0.2, 0) is 17.9 Å². The summed E-state index contributed by atoms with van der Waals surface area (Å²) in [4.78, 5) is 24.9. The van der Waals surface area contributed by atoms with Crippen molar-refractivity contribution in [3.63, 3.8) is 0 Å². The molecule has 3 aromatic rings. The fourth-order valence-corrected chi connectivity index (χ4v) is 3.26. The molecule has 8 heteroatoms. The second-order valence-electron chi connectivity index (χ2n) is 7.47. The SMILES string of the molecule is Cc1ccc(CNC(=O)c2nnn(CC(=O)Nc3c(C)cc(C)cc3C)c2N)cc1. The Morgan fingerprint density at radius 1 is 1.00 bits per heavy atom. The average Bonchev–Trinajstić information content (AvgIpc) is 3.04. The van der Waals surface area contributed by atoms with Crippen LogP contribution in [0.4, 0.5) is 11.5 Å². The molecule has 0 saturated carbocycles. The molecule has 0 fully saturated rings. The molecule has 0 radical (unpaired) electrons. The molecule has 156 valence electrons. The van der Waals surface area contributed by atoms with Gasteiger partial charge in [0.25, 0.3) is 5.91 Å². The molecule has 0 spiro atoms. The predicted molar refractivity (Wildman–Crippen MR) is 116 cm³/mol. The zero-order valence-electron chi connectivity index (χ0n) is 17.6. The van der Waals surface area contributed by atoms with Crippen molar-refractivity contribution in [2.45, 2.75) is 40.8 Å². The maximum Gasteiger partial charge on any atom is 0.275 e. The monoisotopic (exact) mass is 406 g/mol. The summed E-state index contributed by atoms with van der Waals surface area (Å²) in [5.74, 6) is -0.692. The molecule has 1 heterocycles. The van der Waals surface area contributed by atoms with E-state index in [4.69, 9.17) is 5.73 Å². The fraction of sp³-hybridized carbons (Fsp3) is 0.273. The number of nitrogens with two attached hydrogens (primary N) is 1. The summed E-state index contributed by atoms with van der Waals surface area (Å²) in [5, 5.41) is 13.4. The van der Waals surface area contributed by atoms with Crippen LogP contribution in [0, 0.1) is 27.7 Å². The number of benzene rings is 2. The minimum atomic E-state index is -0.440. The lowest BCUT2D eigenvalue weighted by Crippen LogP contribution is -2.25. The molecule has 0 saturated heterocycles. The van der Waals surface area contributed by atoms with Crippen molar-refractivity contribution >= 4 is 23.3 Å². The third-order valence-corrected chi connectivity index (χ3v) is 4.80. The van der Waals surface area contributed by atoms with E-state index in [0.717, 1.165) is 33.5 Å². The van der Waals surface area contributed by atoms with Crippen LogP contribution in [0.25, 0.3) is 0 Å². The summed E-state index contributed by atoms with van der Waals surface area (Å²) in [6.07, 6.45) is 0. The van der Waals surface area contributed by atoms with Gasteiger partial charge in [-0.1, -0.05) is 52.7 Å². The molecule has 0 aliphatic rings. The Kier molecular flexibility index (Phi) is 6.15. The second kappa shape index (κ2) is 8.77. The first-order valence-corrected chi connectivity index (χ1v) is 9.65. The van der Waals surface area contributed by atoms with Gasteiger partial charge in [0, 0.05) is 12.2 Å². The maximum absolute atomic E-state index is 12.5. The van der Waals surface area contributed by atoms with Crippen LogP contribution in [0.2, 0.25) is 0 Å². The lowest BCUT2D eigenvalue weighted by Gasteiger charge is -2.13. The topological polar surface area (TPSA) is 115 Å². The minimum Gasteiger partial charge on any atom is -0.382 e. The first-order valence-electron chi connectivity index (χ1n) is 9.65. The molecule has 0 unspecified atom stereocenters. The molecular formula is C22H26N6O2. The summed E-state index contributed by atoms with van der Waals surface area (Å²) in [5.41, 5.74) is 12.0. The summed E-state index contributed by atoms with van der Waals surface area (Å²) in [6.45, 7) is 8.09. The Bertz CT molecular complexity index is 1060. The van der Waals surface area contributed by atoms with Gasteiger partial charge in [0.15, 0.2) is 11.5 Å². The van der Waals surface area contributed by atoms with Gasteiger partial charge in [-0.2, -0.15) is 0 Å². The second-order valence-corrected chi connectivity index (χ2v) is 7.47. The van der Waals surface area contributed by atoms with Gasteiger partial charge in [-0.3, -0.25) is 9.59 Å². The van der Waals surface area contributed by atoms with Crippen molar-refractivity contribution in [1.29, 1.82) is 0 Å². The zero-order valence-corrected chi connectivity index (χ0v) is 17.6. The van der Waals surface area contributed by atoms with Crippen molar-refractivity contribution in [3.05, 3.63) is 69.9 Å². The van der Waals surface area contributed by atoms with E-state index >= 15 is 0 Å². The number of hydrogen-bond donors (Lipinski definition) is 3. The molecule has 0 atom stereocenters. The lowest BCUT2D eigenvalue weighted by molar-refractivity contribution is -0.116. The van der Waals surface area contributed by atoms with Crippen molar-refractivity contribution < 1.29 is 9.59 Å². The van der Waals surface area contributed by atoms with Gasteiger partial charge in [-0.25, -0.2) is 4.68 Å². The third kappa shape index (κ3) is 4.83. The number of nitrogens with one attached hydrogen (secondary N) is 2. The van der Waals surface area contributed by atoms with Gasteiger partial charge in [0.05, 0.1) is 0 Å². The first-order chi connectivity index (χ1) is 14.2. The van der Waals surface area contributed by atoms with Crippen LogP contribution in [0.3, 0.4) is 0 Å². The number of aromatic nitrogens is 3. The summed E-state index contributed by atoms with van der Waals surface area (Å²) < 4.78 is 1.22. The highest BCUT2D eigenvalue weighted by Crippen LogP contribution is 2.22. The van der Waals surface area contributed by atoms with Gasteiger partial charge < -0.3 is 16.4 Å². The molecular weight excluding hydrogens is 380 g/mol. The quantitative estimate of drug-likeness (QED) is 0.582. The van der Waals surface area contributed by atoms with E-state index in [0.29, 0.717) is 6.54 Å². The first kappa shape index (κ1) is 21.0. The predicted octanol–water partition coefficient (Wildman–Crippen LogP) is 2.66. The summed E-state index contributed by atoms with van der Waals surface area (Å²) >= 11 is 0. The Morgan fingerprint density at radius 2 is 1.63 bits per heavy atom. The highest BCUT2D eigenvalue weighted by atomic mass is 16.2. The van der Waals surface area contributed by atoms with Gasteiger partial charge in [0.1, 0.15) is 6.54 Å². The minimum absolute atomic E-state index is 0.00221. The van der Waals surface area contributed by atoms with E-state index < -0.39 is 5.91 Å². The smallest absolute Gasteiger partial charge is 0.275 e. The molecule has 2 amide bonds. The van der Waals surface area contributed by atoms with Crippen LogP contribution >= 0.6 is 0 Å². The molecule has 0 aliphatic carbocycles. The van der Waals surface area contributed by atoms with E-state index in [1.165, 1.54) is 4.68 Å². The lowest BCUT2D eigenvalue weighted by atomic mass is 10.1. The average molecular weight is 406 g/mol. The van der Waals surface area contributed by atoms with Crippen LogP contribution < -0.4 is 16.4 Å². The number of carbonyl (C=O) groups excluding carboxylic acids is 2. The van der Waals surface area contributed by atoms with E-state index in [2.05, 4.69) is 20.9 Å². The van der Waals surface area contributed by atoms with E-state index in [1.807, 2.05) is 64.1 Å². The number of hydrogen-bond acceptors (Lipinski definition) is 5. The Hall–Kier alpha value is -3.68. The number of nitrogens with zero attached hydrogens (tertiary/aromatic N) is 3. The molecule has 0 bridgehead atoms. The molecule has 1 aromatic heterocycles. The summed E-state index contributed by atoms with van der Waals surface area (Å²) in [6, 6.07) is 11.8. The normalized spacial score (nSPS) is 10.7. The van der Waals surface area contributed by atoms with Gasteiger partial charge in [0.2, 0.25) is 5.91 Å². The molecule has 30 heavy (non-hydrogen) atoms. The number of carbonyl (C=O) groups is 2. The maximum atomic E-state index is 12.5. The van der Waals surface area contributed by atoms with Crippen LogP contribution in [0.1, 0.15) is 38.3 Å². The molecule has 2 aromatic carbocycles. The van der Waals surface area contributed by atoms with E-state index in [-0.39, 0.29) is 24.0 Å². The largest absolute Gasteiger partial charge is 0.382 e. The Labute approximate surface area is 175 Å². The molecule has 8 nitrogen and oxygen atoms in total. The van der Waals surface area contributed by atoms with Crippen molar-refractivity contribution in [2.24, 2.45) is 0 Å². The summed E-state index contributed by atoms with van der Waals surface area (Å²) in [7, 11) is 0. The Balaban J connectivity index is 1.64. The van der Waals surface area contributed by atoms with Crippen LogP contribution in [0.15, 0.2) is 36.4 Å². The highest BCUT2D eigenvalue weighted by Gasteiger charge is 2.19. The highest BCUT2D eigenvalue weighted by molar-refractivity contribution is 5.97. The van der Waals surface area contributed by atoms with Gasteiger partial charge >= 0.3 is 0 Å². The van der Waals surface area contributed by atoms with Crippen molar-refractivity contribution in [1.82, 2.24) is 20.3 Å². The van der Waals surface area contributed by atoms with Crippen LogP contribution in [0.5, 0.6) is 0 Å². The number of nitrogen functional groups attached to an aromatic ring is 1. The molecule has 3 rings (SSSR count). The number of amides is 2. The number of aryl methyl sites for hydroxylation is 4. The van der Waals surface area contributed by atoms with Gasteiger partial charge in [-0.15, -0.1) is 5.10 Å². The van der Waals surface area contributed by atoms with Gasteiger partial charge in [-0.05, 0) is 44.4 Å². The van der Waals surface area contributed by atoms with Crippen molar-refractivity contribution in [3.8, 4) is 0 Å². The number of anilines is 2. The standard InChI is InChI=1S/C22H26N6O2/c1-13-5-7-17(8-6-13)11-24-22(30)20-21(23)28(27-26-20)12-18(29)25-19-15(3)9-14(2)10-16(19)4/h5-10H,11-12,23H2,1-4H3,(H,24,30)(H,25,29). The molecule has 0 aliphatic heterocycles. The zero-order chi connectivity index (χ0) is 21.8. The molecule has 4 N–H and O–H groups in total. The van der Waals surface area contributed by atoms with E-state index in [1.54, 1.807) is 0 Å². The van der Waals surface area contributed by atoms with E-state index in [9.17, 15) is 9.59 Å². The van der Waals surface area contributed by atoms with Crippen LogP contribution in [-0.4, -0.2) is 26.8 Å². The third-order valence-electron chi connectivity index (χ3n) is 4.80.